The van der Waals surface area contributed by atoms with Crippen LogP contribution >= 0.6 is 11.3 Å². The van der Waals surface area contributed by atoms with Crippen molar-refractivity contribution < 1.29 is 4.79 Å². The number of carbonyl (C=O) groups is 1. The van der Waals surface area contributed by atoms with E-state index in [2.05, 4.69) is 25.9 Å². The quantitative estimate of drug-likeness (QED) is 0.881. The number of H-pyrrole nitrogens is 1. The van der Waals surface area contributed by atoms with Crippen LogP contribution in [0.3, 0.4) is 0 Å². The third kappa shape index (κ3) is 2.79. The minimum Gasteiger partial charge on any atom is -0.337 e. The molecule has 122 valence electrons. The van der Waals surface area contributed by atoms with Crippen molar-refractivity contribution >= 4 is 17.2 Å². The van der Waals surface area contributed by atoms with Gasteiger partial charge in [0, 0.05) is 60.8 Å². The Morgan fingerprint density at radius 3 is 3.22 bits per heavy atom. The molecule has 0 aromatic carbocycles. The molecule has 1 fully saturated rings. The van der Waals surface area contributed by atoms with Gasteiger partial charge in [0.05, 0.1) is 5.01 Å². The molecule has 0 radical (unpaired) electrons. The van der Waals surface area contributed by atoms with Crippen molar-refractivity contribution in [3.63, 3.8) is 0 Å². The molecule has 4 heterocycles. The molecule has 2 aliphatic heterocycles. The second-order valence-corrected chi connectivity index (χ2v) is 7.26. The zero-order valence-electron chi connectivity index (χ0n) is 13.3. The van der Waals surface area contributed by atoms with E-state index < -0.39 is 0 Å². The van der Waals surface area contributed by atoms with Crippen LogP contribution in [-0.2, 0) is 13.0 Å². The molecular weight excluding hydrogens is 310 g/mol. The SMILES string of the molecule is Cc1csc(C2CCCN(C(=O)c3n[nH]c4c3CNCC4)C2)n1. The highest BCUT2D eigenvalue weighted by atomic mass is 32.1. The zero-order valence-corrected chi connectivity index (χ0v) is 14.1. The molecule has 0 bridgehead atoms. The molecule has 0 saturated carbocycles. The molecular formula is C16H21N5OS. The molecule has 0 spiro atoms. The van der Waals surface area contributed by atoms with Crippen molar-refractivity contribution in [3.8, 4) is 0 Å². The first-order chi connectivity index (χ1) is 11.2. The fourth-order valence-electron chi connectivity index (χ4n) is 3.47. The molecule has 1 saturated heterocycles. The van der Waals surface area contributed by atoms with Crippen LogP contribution in [0.4, 0.5) is 0 Å². The van der Waals surface area contributed by atoms with E-state index >= 15 is 0 Å². The normalized spacial score (nSPS) is 21.3. The lowest BCUT2D eigenvalue weighted by Crippen LogP contribution is -2.40. The minimum atomic E-state index is 0.0594. The number of hydrogen-bond acceptors (Lipinski definition) is 5. The molecule has 7 heteroatoms. The molecule has 2 aliphatic rings. The van der Waals surface area contributed by atoms with Crippen molar-refractivity contribution in [2.75, 3.05) is 19.6 Å². The van der Waals surface area contributed by atoms with E-state index in [1.165, 1.54) is 0 Å². The Bertz CT molecular complexity index is 722. The Labute approximate surface area is 139 Å². The van der Waals surface area contributed by atoms with Gasteiger partial charge in [-0.1, -0.05) is 0 Å². The summed E-state index contributed by atoms with van der Waals surface area (Å²) in [5, 5.41) is 13.9. The summed E-state index contributed by atoms with van der Waals surface area (Å²) in [6.07, 6.45) is 3.05. The summed E-state index contributed by atoms with van der Waals surface area (Å²) in [6.45, 7) is 5.26. The number of thiazole rings is 1. The molecule has 2 N–H and O–H groups in total. The number of amides is 1. The first-order valence-corrected chi connectivity index (χ1v) is 9.08. The van der Waals surface area contributed by atoms with Crippen LogP contribution in [0.25, 0.3) is 0 Å². The van der Waals surface area contributed by atoms with Gasteiger partial charge in [0.1, 0.15) is 0 Å². The summed E-state index contributed by atoms with van der Waals surface area (Å²) in [4.78, 5) is 19.5. The van der Waals surface area contributed by atoms with E-state index in [1.807, 2.05) is 11.8 Å². The summed E-state index contributed by atoms with van der Waals surface area (Å²) in [5.74, 6) is 0.420. The highest BCUT2D eigenvalue weighted by Gasteiger charge is 2.30. The Morgan fingerprint density at radius 2 is 2.39 bits per heavy atom. The lowest BCUT2D eigenvalue weighted by Gasteiger charge is -2.31. The number of piperidine rings is 1. The van der Waals surface area contributed by atoms with Crippen molar-refractivity contribution in [2.45, 2.75) is 38.6 Å². The number of nitrogens with one attached hydrogen (secondary N) is 2. The van der Waals surface area contributed by atoms with Crippen molar-refractivity contribution in [1.29, 1.82) is 0 Å². The van der Waals surface area contributed by atoms with Crippen LogP contribution in [0.1, 0.15) is 51.2 Å². The van der Waals surface area contributed by atoms with Gasteiger partial charge in [-0.2, -0.15) is 5.10 Å². The van der Waals surface area contributed by atoms with Gasteiger partial charge in [-0.3, -0.25) is 9.89 Å². The van der Waals surface area contributed by atoms with E-state index in [0.29, 0.717) is 11.6 Å². The van der Waals surface area contributed by atoms with E-state index in [0.717, 1.165) is 67.4 Å². The number of hydrogen-bond donors (Lipinski definition) is 2. The number of nitrogens with zero attached hydrogens (tertiary/aromatic N) is 3. The van der Waals surface area contributed by atoms with Gasteiger partial charge in [0.2, 0.25) is 0 Å². The Kier molecular flexibility index (Phi) is 3.90. The second kappa shape index (κ2) is 6.05. The third-order valence-corrected chi connectivity index (χ3v) is 5.83. The average molecular weight is 331 g/mol. The molecule has 2 aromatic rings. The number of carbonyl (C=O) groups excluding carboxylic acids is 1. The van der Waals surface area contributed by atoms with Crippen LogP contribution in [-0.4, -0.2) is 45.6 Å². The summed E-state index contributed by atoms with van der Waals surface area (Å²) in [5.41, 5.74) is 3.83. The van der Waals surface area contributed by atoms with Crippen molar-refractivity contribution in [1.82, 2.24) is 25.4 Å². The molecule has 2 aromatic heterocycles. The molecule has 1 atom stereocenters. The number of aryl methyl sites for hydroxylation is 1. The fraction of sp³-hybridized carbons (Fsp3) is 0.562. The lowest BCUT2D eigenvalue weighted by molar-refractivity contribution is 0.0699. The molecule has 1 unspecified atom stereocenters. The van der Waals surface area contributed by atoms with Gasteiger partial charge in [-0.15, -0.1) is 11.3 Å². The third-order valence-electron chi connectivity index (χ3n) is 4.70. The molecule has 1 amide bonds. The van der Waals surface area contributed by atoms with Gasteiger partial charge >= 0.3 is 0 Å². The minimum absolute atomic E-state index is 0.0594. The number of likely N-dealkylation sites (tertiary alicyclic amines) is 1. The van der Waals surface area contributed by atoms with Crippen LogP contribution in [0.15, 0.2) is 5.38 Å². The second-order valence-electron chi connectivity index (χ2n) is 6.37. The average Bonchev–Trinajstić information content (AvgIpc) is 3.20. The zero-order chi connectivity index (χ0) is 15.8. The summed E-state index contributed by atoms with van der Waals surface area (Å²) in [7, 11) is 0. The smallest absolute Gasteiger partial charge is 0.274 e. The standard InChI is InChI=1S/C16H21N5OS/c1-10-9-23-15(18-10)11-3-2-6-21(8-11)16(22)14-12-7-17-5-4-13(12)19-20-14/h9,11,17H,2-8H2,1H3,(H,19,20). The molecule has 6 nitrogen and oxygen atoms in total. The van der Waals surface area contributed by atoms with E-state index in [1.54, 1.807) is 11.3 Å². The molecule has 4 rings (SSSR count). The summed E-state index contributed by atoms with van der Waals surface area (Å²) >= 11 is 1.71. The van der Waals surface area contributed by atoms with Gasteiger partial charge < -0.3 is 10.2 Å². The predicted octanol–water partition coefficient (Wildman–Crippen LogP) is 1.84. The highest BCUT2D eigenvalue weighted by molar-refractivity contribution is 7.09. The predicted molar refractivity (Wildman–Crippen MR) is 88.7 cm³/mol. The Balaban J connectivity index is 1.53. The molecule has 0 aliphatic carbocycles. The number of rotatable bonds is 2. The van der Waals surface area contributed by atoms with E-state index in [9.17, 15) is 4.79 Å². The van der Waals surface area contributed by atoms with Gasteiger partial charge in [-0.05, 0) is 19.8 Å². The number of aromatic nitrogens is 3. The van der Waals surface area contributed by atoms with Gasteiger partial charge in [0.15, 0.2) is 5.69 Å². The lowest BCUT2D eigenvalue weighted by atomic mass is 9.98. The first-order valence-electron chi connectivity index (χ1n) is 8.20. The van der Waals surface area contributed by atoms with Crippen LogP contribution in [0.2, 0.25) is 0 Å². The van der Waals surface area contributed by atoms with Gasteiger partial charge in [0.25, 0.3) is 5.91 Å². The molecule has 23 heavy (non-hydrogen) atoms. The Morgan fingerprint density at radius 1 is 1.48 bits per heavy atom. The summed E-state index contributed by atoms with van der Waals surface area (Å²) < 4.78 is 0. The summed E-state index contributed by atoms with van der Waals surface area (Å²) in [6, 6.07) is 0. The monoisotopic (exact) mass is 331 g/mol. The maximum Gasteiger partial charge on any atom is 0.274 e. The van der Waals surface area contributed by atoms with Gasteiger partial charge in [-0.25, -0.2) is 4.98 Å². The number of aromatic amines is 1. The van der Waals surface area contributed by atoms with Crippen LogP contribution < -0.4 is 5.32 Å². The van der Waals surface area contributed by atoms with Crippen LogP contribution in [0.5, 0.6) is 0 Å². The maximum atomic E-state index is 12.9. The van der Waals surface area contributed by atoms with E-state index in [-0.39, 0.29) is 5.91 Å². The maximum absolute atomic E-state index is 12.9. The van der Waals surface area contributed by atoms with Crippen molar-refractivity contribution in [3.05, 3.63) is 33.0 Å². The van der Waals surface area contributed by atoms with Crippen LogP contribution in [0, 0.1) is 6.92 Å². The number of fused-ring (bicyclic) bond motifs is 1. The van der Waals surface area contributed by atoms with E-state index in [4.69, 9.17) is 0 Å². The fourth-order valence-corrected chi connectivity index (χ4v) is 4.40. The first kappa shape index (κ1) is 14.8. The Hall–Kier alpha value is -1.73. The largest absolute Gasteiger partial charge is 0.337 e. The topological polar surface area (TPSA) is 73.9 Å². The van der Waals surface area contributed by atoms with Crippen molar-refractivity contribution in [2.24, 2.45) is 0 Å². The highest BCUT2D eigenvalue weighted by Crippen LogP contribution is 2.30.